The van der Waals surface area contributed by atoms with E-state index in [0.717, 1.165) is 0 Å². The van der Waals surface area contributed by atoms with E-state index in [-0.39, 0.29) is 77.2 Å². The van der Waals surface area contributed by atoms with Gasteiger partial charge in [-0.2, -0.15) is 0 Å². The van der Waals surface area contributed by atoms with Crippen LogP contribution in [0, 0.1) is 0 Å². The molecule has 7 nitrogen and oxygen atoms in total. The summed E-state index contributed by atoms with van der Waals surface area (Å²) in [5.41, 5.74) is -2.74. The number of carboxylic acids is 3. The summed E-state index contributed by atoms with van der Waals surface area (Å²) in [4.78, 5) is 30.5. The quantitative estimate of drug-likeness (QED) is 0.362. The van der Waals surface area contributed by atoms with Gasteiger partial charge in [0.1, 0.15) is 0 Å². The zero-order valence-corrected chi connectivity index (χ0v) is 15.3. The van der Waals surface area contributed by atoms with Gasteiger partial charge in [-0.25, -0.2) is 4.79 Å². The van der Waals surface area contributed by atoms with Crippen LogP contribution in [0.25, 0.3) is 0 Å². The van der Waals surface area contributed by atoms with Crippen molar-refractivity contribution in [3.8, 4) is 0 Å². The van der Waals surface area contributed by atoms with Gasteiger partial charge in [-0.15, -0.1) is 0 Å². The predicted octanol–water partition coefficient (Wildman–Crippen LogP) is -5.32. The van der Waals surface area contributed by atoms with Crippen molar-refractivity contribution in [2.45, 2.75) is 18.4 Å². The number of aliphatic carboxylic acids is 3. The Bertz CT molecular complexity index is 243. The van der Waals surface area contributed by atoms with Crippen LogP contribution in [0.3, 0.4) is 0 Å². The Morgan fingerprint density at radius 1 is 1.00 bits per heavy atom. The van der Waals surface area contributed by atoms with E-state index >= 15 is 0 Å². The number of hydrogen-bond acceptors (Lipinski definition) is 4. The van der Waals surface area contributed by atoms with Gasteiger partial charge in [0.25, 0.3) is 0 Å². The van der Waals surface area contributed by atoms with Crippen molar-refractivity contribution in [2.24, 2.45) is 0 Å². The molecule has 0 fully saturated rings. The first kappa shape index (κ1) is 21.1. The Kier molecular flexibility index (Phi) is 12.6. The first-order chi connectivity index (χ1) is 5.78. The van der Waals surface area contributed by atoms with Crippen molar-refractivity contribution >= 4 is 42.3 Å². The van der Waals surface area contributed by atoms with Crippen molar-refractivity contribution in [2.75, 3.05) is 0 Å². The number of carboxylic acid groups (broad SMARTS) is 3. The van der Waals surface area contributed by atoms with Crippen LogP contribution in [-0.4, -0.2) is 68.4 Å². The summed E-state index contributed by atoms with van der Waals surface area (Å²) in [6.45, 7) is 0. The molecule has 0 radical (unpaired) electrons. The van der Waals surface area contributed by atoms with Crippen LogP contribution in [0.15, 0.2) is 0 Å². The van der Waals surface area contributed by atoms with Crippen LogP contribution in [0.4, 0.5) is 0 Å². The van der Waals surface area contributed by atoms with Gasteiger partial charge in [0.15, 0.2) is 5.60 Å². The van der Waals surface area contributed by atoms with Gasteiger partial charge in [-0.1, -0.05) is 0 Å². The van der Waals surface area contributed by atoms with Crippen molar-refractivity contribution in [1.82, 2.24) is 0 Å². The van der Waals surface area contributed by atoms with Crippen molar-refractivity contribution in [3.63, 3.8) is 0 Å². The molecule has 0 aromatic carbocycles. The van der Waals surface area contributed by atoms with Gasteiger partial charge in [-0.05, 0) is 0 Å². The van der Waals surface area contributed by atoms with Crippen LogP contribution in [-0.2, 0) is 14.4 Å². The number of aliphatic hydroxyl groups is 1. The average molecular weight is 357 g/mol. The summed E-state index contributed by atoms with van der Waals surface area (Å²) in [6.07, 6.45) is -2.29. The second kappa shape index (κ2) is 8.92. The molecular formula is C6H12KO7Sb. The zero-order chi connectivity index (χ0) is 10.6. The second-order valence-corrected chi connectivity index (χ2v) is 2.48. The van der Waals surface area contributed by atoms with Crippen LogP contribution >= 0.6 is 0 Å². The molecule has 0 aliphatic rings. The van der Waals surface area contributed by atoms with Gasteiger partial charge < -0.3 is 21.9 Å². The minimum absolute atomic E-state index is 0. The monoisotopic (exact) mass is 356 g/mol. The third-order valence-corrected chi connectivity index (χ3v) is 1.29. The second-order valence-electron chi connectivity index (χ2n) is 2.48. The first-order valence-electron chi connectivity index (χ1n) is 3.17. The van der Waals surface area contributed by atoms with Gasteiger partial charge in [-0.3, -0.25) is 9.59 Å². The molecule has 0 unspecified atom stereocenters. The fourth-order valence-electron chi connectivity index (χ4n) is 0.714. The summed E-state index contributed by atoms with van der Waals surface area (Å²) < 4.78 is 0. The van der Waals surface area contributed by atoms with Crippen LogP contribution in [0.5, 0.6) is 0 Å². The van der Waals surface area contributed by atoms with Crippen LogP contribution < -0.4 is 51.4 Å². The maximum atomic E-state index is 10.3. The summed E-state index contributed by atoms with van der Waals surface area (Å²) in [6, 6.07) is 0. The predicted molar refractivity (Wildman–Crippen MR) is 48.1 cm³/mol. The Balaban J connectivity index is -0.000000240. The molecule has 9 heteroatoms. The first-order valence-corrected chi connectivity index (χ1v) is 3.17. The average Bonchev–Trinajstić information content (AvgIpc) is 1.82. The Morgan fingerprint density at radius 3 is 1.40 bits per heavy atom. The molecule has 0 bridgehead atoms. The molecule has 0 atom stereocenters. The Morgan fingerprint density at radius 2 is 1.27 bits per heavy atom. The van der Waals surface area contributed by atoms with E-state index in [4.69, 9.17) is 20.4 Å². The third-order valence-electron chi connectivity index (χ3n) is 1.29. The van der Waals surface area contributed by atoms with E-state index in [2.05, 4.69) is 0 Å². The van der Waals surface area contributed by atoms with E-state index in [9.17, 15) is 14.4 Å². The summed E-state index contributed by atoms with van der Waals surface area (Å²) in [5.74, 6) is -5.02. The zero-order valence-electron chi connectivity index (χ0n) is 9.13. The normalized spacial score (nSPS) is 9.40. The molecule has 0 amide bonds. The van der Waals surface area contributed by atoms with Crippen LogP contribution in [0.1, 0.15) is 14.3 Å². The van der Waals surface area contributed by atoms with E-state index in [0.29, 0.717) is 0 Å². The molecule has 0 aliphatic carbocycles. The molecule has 84 valence electrons. The SMILES string of the molecule is O=C(O)CC(O)(CC(=O)O)C(=O)O.[H-].[K+].[SbH3]. The standard InChI is InChI=1S/C6H8O7.K.Sb.4H/c7-3(8)1-6(13,5(11)12)2-4(9)10;;;;;;/h13H,1-2H2,(H,7,8)(H,9,10)(H,11,12);;;;;;/q;+1;;;;;-1. The molecule has 0 saturated heterocycles. The molecule has 0 aliphatic heterocycles. The molecule has 0 rings (SSSR count). The van der Waals surface area contributed by atoms with Gasteiger partial charge in [0, 0.05) is 0 Å². The number of carbonyl (C=O) groups is 3. The molecule has 15 heavy (non-hydrogen) atoms. The summed E-state index contributed by atoms with van der Waals surface area (Å²) in [5, 5.41) is 33.8. The number of rotatable bonds is 5. The third kappa shape index (κ3) is 8.61. The van der Waals surface area contributed by atoms with Gasteiger partial charge in [0.2, 0.25) is 0 Å². The molecule has 0 aromatic heterocycles. The molecule has 0 saturated carbocycles. The van der Waals surface area contributed by atoms with Gasteiger partial charge >= 0.3 is 93.7 Å². The van der Waals surface area contributed by atoms with Crippen molar-refractivity contribution in [3.05, 3.63) is 0 Å². The fourth-order valence-corrected chi connectivity index (χ4v) is 0.714. The molecule has 0 heterocycles. The van der Waals surface area contributed by atoms with E-state index in [1.807, 2.05) is 0 Å². The van der Waals surface area contributed by atoms with Crippen molar-refractivity contribution in [1.29, 1.82) is 0 Å². The number of hydrogen-bond donors (Lipinski definition) is 4. The van der Waals surface area contributed by atoms with Crippen molar-refractivity contribution < 1.29 is 87.6 Å². The molecular weight excluding hydrogens is 345 g/mol. The molecule has 4 N–H and O–H groups in total. The van der Waals surface area contributed by atoms with E-state index < -0.39 is 36.4 Å². The Hall–Kier alpha value is 0.825. The molecule has 0 spiro atoms. The van der Waals surface area contributed by atoms with Crippen LogP contribution in [0.2, 0.25) is 0 Å². The van der Waals surface area contributed by atoms with Gasteiger partial charge in [0.05, 0.1) is 12.8 Å². The Labute approximate surface area is 146 Å². The summed E-state index contributed by atoms with van der Waals surface area (Å²) in [7, 11) is 0. The molecule has 0 aromatic rings. The van der Waals surface area contributed by atoms with E-state index in [1.54, 1.807) is 0 Å². The fraction of sp³-hybridized carbons (Fsp3) is 0.500. The van der Waals surface area contributed by atoms with E-state index in [1.165, 1.54) is 0 Å². The summed E-state index contributed by atoms with van der Waals surface area (Å²) >= 11 is 0. The topological polar surface area (TPSA) is 132 Å². The maximum absolute atomic E-state index is 10.3. The minimum atomic E-state index is -2.74.